The molecule has 0 unspecified atom stereocenters. The van der Waals surface area contributed by atoms with Gasteiger partial charge in [-0.3, -0.25) is 9.78 Å². The molecule has 0 aliphatic heterocycles. The Morgan fingerprint density at radius 2 is 2.04 bits per heavy atom. The van der Waals surface area contributed by atoms with Crippen LogP contribution in [0.1, 0.15) is 42.5 Å². The van der Waals surface area contributed by atoms with E-state index in [0.29, 0.717) is 27.8 Å². The van der Waals surface area contributed by atoms with Crippen LogP contribution in [0.2, 0.25) is 5.02 Å². The smallest absolute Gasteiger partial charge is 0.250 e. The zero-order valence-electron chi connectivity index (χ0n) is 13.5. The first kappa shape index (κ1) is 16.7. The molecule has 0 spiro atoms. The molecule has 0 radical (unpaired) electrons. The predicted octanol–water partition coefficient (Wildman–Crippen LogP) is 3.89. The second kappa shape index (κ2) is 7.62. The first-order valence-corrected chi connectivity index (χ1v) is 8.67. The van der Waals surface area contributed by atoms with Gasteiger partial charge in [0.2, 0.25) is 0 Å². The van der Waals surface area contributed by atoms with Crippen molar-refractivity contribution in [3.05, 3.63) is 41.2 Å². The summed E-state index contributed by atoms with van der Waals surface area (Å²) in [4.78, 5) is 20.3. The van der Waals surface area contributed by atoms with Gasteiger partial charge in [-0.1, -0.05) is 30.9 Å². The third-order valence-electron chi connectivity index (χ3n) is 4.48. The van der Waals surface area contributed by atoms with Gasteiger partial charge in [-0.15, -0.1) is 0 Å². The van der Waals surface area contributed by atoms with Crippen molar-refractivity contribution in [2.75, 3.05) is 11.9 Å². The number of carbonyl (C=O) groups is 1. The number of halogens is 1. The molecule has 0 bridgehead atoms. The summed E-state index contributed by atoms with van der Waals surface area (Å²) in [6.45, 7) is 0.895. The zero-order chi connectivity index (χ0) is 16.9. The summed E-state index contributed by atoms with van der Waals surface area (Å²) in [7, 11) is 0. The van der Waals surface area contributed by atoms with Gasteiger partial charge in [-0.2, -0.15) is 0 Å². The van der Waals surface area contributed by atoms with E-state index in [0.717, 1.165) is 12.4 Å². The predicted molar refractivity (Wildman–Crippen MR) is 96.1 cm³/mol. The minimum absolute atomic E-state index is 0.353. The molecule has 1 saturated carbocycles. The summed E-state index contributed by atoms with van der Waals surface area (Å²) in [6.07, 6.45) is 9.62. The molecule has 0 saturated heterocycles. The van der Waals surface area contributed by atoms with Crippen molar-refractivity contribution < 1.29 is 4.79 Å². The van der Waals surface area contributed by atoms with Gasteiger partial charge >= 0.3 is 0 Å². The lowest BCUT2D eigenvalue weighted by Crippen LogP contribution is -2.18. The molecular formula is C18H21ClN4O. The highest BCUT2D eigenvalue weighted by Crippen LogP contribution is 2.29. The van der Waals surface area contributed by atoms with E-state index in [1.807, 2.05) is 0 Å². The number of nitrogens with zero attached hydrogens (tertiary/aromatic N) is 2. The number of nitrogens with two attached hydrogens (primary N) is 1. The van der Waals surface area contributed by atoms with Gasteiger partial charge in [0.25, 0.3) is 5.91 Å². The molecule has 24 heavy (non-hydrogen) atoms. The van der Waals surface area contributed by atoms with Crippen molar-refractivity contribution in [3.63, 3.8) is 0 Å². The number of anilines is 1. The minimum atomic E-state index is -0.524. The number of hydrogen-bond donors (Lipinski definition) is 2. The van der Waals surface area contributed by atoms with Gasteiger partial charge < -0.3 is 11.1 Å². The van der Waals surface area contributed by atoms with Crippen LogP contribution >= 0.6 is 11.6 Å². The van der Waals surface area contributed by atoms with Crippen molar-refractivity contribution in [1.29, 1.82) is 0 Å². The standard InChI is InChI=1S/C18H21ClN4O/c19-15-11-21-9-8-13(15)17-14(18(20)24)6-7-16(23-17)22-10-12-4-2-1-3-5-12/h6-9,11-12H,1-5,10H2,(H2,20,24)(H,22,23). The van der Waals surface area contributed by atoms with E-state index in [1.165, 1.54) is 38.3 Å². The van der Waals surface area contributed by atoms with Gasteiger partial charge in [-0.25, -0.2) is 4.98 Å². The summed E-state index contributed by atoms with van der Waals surface area (Å²) in [5, 5.41) is 3.83. The molecule has 1 fully saturated rings. The van der Waals surface area contributed by atoms with E-state index < -0.39 is 5.91 Å². The number of amides is 1. The maximum Gasteiger partial charge on any atom is 0.250 e. The molecule has 2 aromatic heterocycles. The number of aromatic nitrogens is 2. The van der Waals surface area contributed by atoms with Crippen molar-refractivity contribution in [3.8, 4) is 11.3 Å². The van der Waals surface area contributed by atoms with Crippen molar-refractivity contribution in [2.45, 2.75) is 32.1 Å². The highest BCUT2D eigenvalue weighted by Gasteiger charge is 2.17. The van der Waals surface area contributed by atoms with E-state index in [9.17, 15) is 4.79 Å². The molecule has 3 N–H and O–H groups in total. The normalized spacial score (nSPS) is 15.2. The summed E-state index contributed by atoms with van der Waals surface area (Å²) in [5.74, 6) is 0.891. The van der Waals surface area contributed by atoms with Crippen LogP contribution in [-0.4, -0.2) is 22.4 Å². The average molecular weight is 345 g/mol. The molecule has 5 nitrogen and oxygen atoms in total. The van der Waals surface area contributed by atoms with E-state index in [4.69, 9.17) is 17.3 Å². The first-order valence-electron chi connectivity index (χ1n) is 8.30. The van der Waals surface area contributed by atoms with Crippen LogP contribution in [0, 0.1) is 5.92 Å². The monoisotopic (exact) mass is 344 g/mol. The first-order chi connectivity index (χ1) is 11.6. The molecule has 0 atom stereocenters. The molecule has 6 heteroatoms. The maximum atomic E-state index is 11.7. The Bertz CT molecular complexity index is 729. The average Bonchev–Trinajstić information content (AvgIpc) is 2.61. The second-order valence-corrected chi connectivity index (χ2v) is 6.60. The van der Waals surface area contributed by atoms with Crippen molar-refractivity contribution in [2.24, 2.45) is 11.7 Å². The quantitative estimate of drug-likeness (QED) is 0.862. The fourth-order valence-corrected chi connectivity index (χ4v) is 3.38. The molecule has 3 rings (SSSR count). The number of rotatable bonds is 5. The third-order valence-corrected chi connectivity index (χ3v) is 4.79. The third kappa shape index (κ3) is 3.85. The number of hydrogen-bond acceptors (Lipinski definition) is 4. The molecule has 0 aromatic carbocycles. The molecule has 126 valence electrons. The number of pyridine rings is 2. The molecule has 2 heterocycles. The van der Waals surface area contributed by atoms with Gasteiger partial charge in [0.1, 0.15) is 5.82 Å². The zero-order valence-corrected chi connectivity index (χ0v) is 14.2. The fourth-order valence-electron chi connectivity index (χ4n) is 3.17. The molecule has 1 aliphatic rings. The number of nitrogens with one attached hydrogen (secondary N) is 1. The van der Waals surface area contributed by atoms with Crippen LogP contribution in [0.25, 0.3) is 11.3 Å². The van der Waals surface area contributed by atoms with Gasteiger partial charge in [0.05, 0.1) is 16.3 Å². The highest BCUT2D eigenvalue weighted by atomic mass is 35.5. The Morgan fingerprint density at radius 1 is 1.25 bits per heavy atom. The van der Waals surface area contributed by atoms with E-state index in [-0.39, 0.29) is 0 Å². The highest BCUT2D eigenvalue weighted by molar-refractivity contribution is 6.33. The van der Waals surface area contributed by atoms with Crippen LogP contribution in [0.3, 0.4) is 0 Å². The molecular weight excluding hydrogens is 324 g/mol. The maximum absolute atomic E-state index is 11.7. The lowest BCUT2D eigenvalue weighted by atomic mass is 9.89. The number of carbonyl (C=O) groups excluding carboxylic acids is 1. The Labute approximate surface area is 146 Å². The van der Waals surface area contributed by atoms with E-state index in [2.05, 4.69) is 15.3 Å². The van der Waals surface area contributed by atoms with Crippen LogP contribution in [0.15, 0.2) is 30.6 Å². The molecule has 1 aliphatic carbocycles. The summed E-state index contributed by atoms with van der Waals surface area (Å²) < 4.78 is 0. The largest absolute Gasteiger partial charge is 0.370 e. The van der Waals surface area contributed by atoms with Gasteiger partial charge in [0, 0.05) is 24.5 Å². The van der Waals surface area contributed by atoms with Crippen LogP contribution in [-0.2, 0) is 0 Å². The summed E-state index contributed by atoms with van der Waals surface area (Å²) in [5.41, 5.74) is 6.98. The number of primary amides is 1. The molecule has 2 aromatic rings. The topological polar surface area (TPSA) is 80.9 Å². The second-order valence-electron chi connectivity index (χ2n) is 6.20. The Hall–Kier alpha value is -2.14. The van der Waals surface area contributed by atoms with Crippen molar-refractivity contribution in [1.82, 2.24) is 9.97 Å². The SMILES string of the molecule is NC(=O)c1ccc(NCC2CCCCC2)nc1-c1ccncc1Cl. The van der Waals surface area contributed by atoms with E-state index in [1.54, 1.807) is 24.4 Å². The van der Waals surface area contributed by atoms with Crippen LogP contribution in [0.5, 0.6) is 0 Å². The fraction of sp³-hybridized carbons (Fsp3) is 0.389. The minimum Gasteiger partial charge on any atom is -0.370 e. The van der Waals surface area contributed by atoms with Crippen molar-refractivity contribution >= 4 is 23.3 Å². The molecule has 1 amide bonds. The van der Waals surface area contributed by atoms with Crippen LogP contribution < -0.4 is 11.1 Å². The van der Waals surface area contributed by atoms with Gasteiger partial charge in [-0.05, 0) is 37.0 Å². The van der Waals surface area contributed by atoms with Gasteiger partial charge in [0.15, 0.2) is 0 Å². The summed E-state index contributed by atoms with van der Waals surface area (Å²) in [6, 6.07) is 5.23. The Balaban J connectivity index is 1.85. The summed E-state index contributed by atoms with van der Waals surface area (Å²) >= 11 is 6.21. The van der Waals surface area contributed by atoms with E-state index >= 15 is 0 Å². The Morgan fingerprint density at radius 3 is 2.75 bits per heavy atom. The Kier molecular flexibility index (Phi) is 5.30. The lowest BCUT2D eigenvalue weighted by Gasteiger charge is -2.22. The lowest BCUT2D eigenvalue weighted by molar-refractivity contribution is 0.100. The van der Waals surface area contributed by atoms with Crippen LogP contribution in [0.4, 0.5) is 5.82 Å².